The topological polar surface area (TPSA) is 21.3 Å². The van der Waals surface area contributed by atoms with E-state index in [1.54, 1.807) is 0 Å². The van der Waals surface area contributed by atoms with E-state index in [4.69, 9.17) is 4.74 Å². The Balaban J connectivity index is 2.59. The molecule has 0 spiro atoms. The van der Waals surface area contributed by atoms with Gasteiger partial charge in [-0.05, 0) is 54.4 Å². The van der Waals surface area contributed by atoms with Gasteiger partial charge < -0.3 is 10.1 Å². The zero-order valence-electron chi connectivity index (χ0n) is 11.9. The summed E-state index contributed by atoms with van der Waals surface area (Å²) in [6, 6.07) is 0. The summed E-state index contributed by atoms with van der Waals surface area (Å²) in [7, 11) is 0. The molecule has 0 aromatic heterocycles. The highest BCUT2D eigenvalue weighted by atomic mass is 16.5. The van der Waals surface area contributed by atoms with Crippen LogP contribution in [0, 0.1) is 0 Å². The molecule has 0 radical (unpaired) electrons. The van der Waals surface area contributed by atoms with Crippen LogP contribution in [-0.2, 0) is 4.74 Å². The van der Waals surface area contributed by atoms with Crippen molar-refractivity contribution in [3.63, 3.8) is 0 Å². The van der Waals surface area contributed by atoms with Crippen LogP contribution in [0.4, 0.5) is 0 Å². The van der Waals surface area contributed by atoms with Gasteiger partial charge in [0.15, 0.2) is 0 Å². The smallest absolute Gasteiger partial charge is 0.0813 e. The lowest BCUT2D eigenvalue weighted by atomic mass is 9.98. The fourth-order valence-corrected chi connectivity index (χ4v) is 2.41. The van der Waals surface area contributed by atoms with Crippen LogP contribution in [0.2, 0.25) is 0 Å². The van der Waals surface area contributed by atoms with Crippen LogP contribution >= 0.6 is 0 Å². The van der Waals surface area contributed by atoms with Gasteiger partial charge in [-0.25, -0.2) is 0 Å². The molecule has 0 heterocycles. The first-order valence-electron chi connectivity index (χ1n) is 6.57. The van der Waals surface area contributed by atoms with Gasteiger partial charge >= 0.3 is 0 Å². The molecular weight excluding hydrogens is 198 g/mol. The molecule has 0 saturated heterocycles. The van der Waals surface area contributed by atoms with Gasteiger partial charge in [-0.15, -0.1) is 0 Å². The molecular formula is C14H29NO. The molecule has 1 aliphatic carbocycles. The lowest BCUT2D eigenvalue weighted by molar-refractivity contribution is -0.128. The third kappa shape index (κ3) is 4.84. The average molecular weight is 227 g/mol. The van der Waals surface area contributed by atoms with E-state index in [2.05, 4.69) is 46.9 Å². The SMILES string of the molecule is CC(C)(C)NCC1(OC(C)(C)C)CCCC1. The van der Waals surface area contributed by atoms with E-state index in [1.807, 2.05) is 0 Å². The second kappa shape index (κ2) is 4.66. The maximum atomic E-state index is 6.32. The Kier molecular flexibility index (Phi) is 4.07. The summed E-state index contributed by atoms with van der Waals surface area (Å²) in [5.74, 6) is 0. The van der Waals surface area contributed by atoms with Crippen LogP contribution in [0.3, 0.4) is 0 Å². The van der Waals surface area contributed by atoms with E-state index in [1.165, 1.54) is 25.7 Å². The predicted molar refractivity (Wildman–Crippen MR) is 69.8 cm³/mol. The van der Waals surface area contributed by atoms with Crippen molar-refractivity contribution < 1.29 is 4.74 Å². The molecule has 0 aliphatic heterocycles. The van der Waals surface area contributed by atoms with Gasteiger partial charge in [0, 0.05) is 12.1 Å². The van der Waals surface area contributed by atoms with Crippen LogP contribution in [0.15, 0.2) is 0 Å². The third-order valence-electron chi connectivity index (χ3n) is 2.98. The number of nitrogens with one attached hydrogen (secondary N) is 1. The van der Waals surface area contributed by atoms with E-state index in [9.17, 15) is 0 Å². The van der Waals surface area contributed by atoms with Crippen LogP contribution in [0.5, 0.6) is 0 Å². The quantitative estimate of drug-likeness (QED) is 0.796. The first kappa shape index (κ1) is 14.0. The summed E-state index contributed by atoms with van der Waals surface area (Å²) >= 11 is 0. The molecule has 1 saturated carbocycles. The van der Waals surface area contributed by atoms with Gasteiger partial charge in [0.2, 0.25) is 0 Å². The molecule has 2 nitrogen and oxygen atoms in total. The van der Waals surface area contributed by atoms with Crippen molar-refractivity contribution in [2.45, 2.75) is 84.0 Å². The van der Waals surface area contributed by atoms with Crippen LogP contribution < -0.4 is 5.32 Å². The van der Waals surface area contributed by atoms with Crippen molar-refractivity contribution in [2.75, 3.05) is 6.54 Å². The molecule has 1 N–H and O–H groups in total. The van der Waals surface area contributed by atoms with Crippen molar-refractivity contribution in [3.8, 4) is 0 Å². The Morgan fingerprint density at radius 3 is 1.88 bits per heavy atom. The van der Waals surface area contributed by atoms with Gasteiger partial charge in [0.1, 0.15) is 0 Å². The fraction of sp³-hybridized carbons (Fsp3) is 1.00. The molecule has 1 aliphatic rings. The van der Waals surface area contributed by atoms with Gasteiger partial charge in [0.25, 0.3) is 0 Å². The maximum absolute atomic E-state index is 6.32. The minimum atomic E-state index is -0.0378. The van der Waals surface area contributed by atoms with Gasteiger partial charge in [-0.1, -0.05) is 12.8 Å². The lowest BCUT2D eigenvalue weighted by Crippen LogP contribution is -2.50. The second-order valence-electron chi connectivity index (χ2n) is 7.21. The number of hydrogen-bond acceptors (Lipinski definition) is 2. The summed E-state index contributed by atoms with van der Waals surface area (Å²) in [5.41, 5.74) is 0.215. The molecule has 0 bridgehead atoms. The summed E-state index contributed by atoms with van der Waals surface area (Å²) in [6.45, 7) is 14.1. The second-order valence-corrected chi connectivity index (χ2v) is 7.21. The number of ether oxygens (including phenoxy) is 1. The van der Waals surface area contributed by atoms with E-state index in [0.717, 1.165) is 6.54 Å². The molecule has 0 amide bonds. The molecule has 16 heavy (non-hydrogen) atoms. The predicted octanol–water partition coefficient (Wildman–Crippen LogP) is 3.50. The van der Waals surface area contributed by atoms with Crippen LogP contribution in [-0.4, -0.2) is 23.3 Å². The maximum Gasteiger partial charge on any atom is 0.0813 e. The molecule has 0 aromatic carbocycles. The summed E-state index contributed by atoms with van der Waals surface area (Å²) in [6.07, 6.45) is 5.02. The highest BCUT2D eigenvalue weighted by molar-refractivity contribution is 4.92. The van der Waals surface area contributed by atoms with Gasteiger partial charge in [-0.2, -0.15) is 0 Å². The van der Waals surface area contributed by atoms with Gasteiger partial charge in [-0.3, -0.25) is 0 Å². The molecule has 2 heteroatoms. The lowest BCUT2D eigenvalue weighted by Gasteiger charge is -2.38. The molecule has 96 valence electrons. The summed E-state index contributed by atoms with van der Waals surface area (Å²) in [5, 5.41) is 3.60. The average Bonchev–Trinajstić information content (AvgIpc) is 2.46. The Labute approximate surface area is 101 Å². The molecule has 1 rings (SSSR count). The number of hydrogen-bond donors (Lipinski definition) is 1. The Morgan fingerprint density at radius 2 is 1.50 bits per heavy atom. The van der Waals surface area contributed by atoms with Crippen molar-refractivity contribution in [1.82, 2.24) is 5.32 Å². The summed E-state index contributed by atoms with van der Waals surface area (Å²) < 4.78 is 6.32. The normalized spacial score (nSPS) is 21.4. The van der Waals surface area contributed by atoms with Crippen LogP contribution in [0.25, 0.3) is 0 Å². The van der Waals surface area contributed by atoms with E-state index >= 15 is 0 Å². The van der Waals surface area contributed by atoms with Crippen molar-refractivity contribution in [1.29, 1.82) is 0 Å². The Bertz CT molecular complexity index is 216. The molecule has 1 fully saturated rings. The largest absolute Gasteiger partial charge is 0.368 e. The standard InChI is InChI=1S/C14H29NO/c1-12(2,3)15-11-14(9-7-8-10-14)16-13(4,5)6/h15H,7-11H2,1-6H3. The highest BCUT2D eigenvalue weighted by Crippen LogP contribution is 2.36. The molecule has 0 aromatic rings. The van der Waals surface area contributed by atoms with Crippen molar-refractivity contribution >= 4 is 0 Å². The third-order valence-corrected chi connectivity index (χ3v) is 2.98. The van der Waals surface area contributed by atoms with Gasteiger partial charge in [0.05, 0.1) is 11.2 Å². The minimum Gasteiger partial charge on any atom is -0.368 e. The van der Waals surface area contributed by atoms with Crippen molar-refractivity contribution in [2.24, 2.45) is 0 Å². The van der Waals surface area contributed by atoms with E-state index < -0.39 is 0 Å². The molecule has 0 unspecified atom stereocenters. The Hall–Kier alpha value is -0.0800. The van der Waals surface area contributed by atoms with Crippen LogP contribution in [0.1, 0.15) is 67.2 Å². The first-order valence-corrected chi connectivity index (χ1v) is 6.57. The van der Waals surface area contributed by atoms with Crippen molar-refractivity contribution in [3.05, 3.63) is 0 Å². The van der Waals surface area contributed by atoms with E-state index in [-0.39, 0.29) is 16.7 Å². The zero-order valence-corrected chi connectivity index (χ0v) is 11.9. The van der Waals surface area contributed by atoms with E-state index in [0.29, 0.717) is 0 Å². The summed E-state index contributed by atoms with van der Waals surface area (Å²) in [4.78, 5) is 0. The number of rotatable bonds is 3. The minimum absolute atomic E-state index is 0.0378. The monoisotopic (exact) mass is 227 g/mol. The molecule has 0 atom stereocenters. The highest BCUT2D eigenvalue weighted by Gasteiger charge is 2.38. The fourth-order valence-electron chi connectivity index (χ4n) is 2.41. The zero-order chi connectivity index (χ0) is 12.4. The first-order chi connectivity index (χ1) is 7.12. The Morgan fingerprint density at radius 1 is 1.00 bits per heavy atom.